The first-order valence-corrected chi connectivity index (χ1v) is 4.06. The van der Waals surface area contributed by atoms with Gasteiger partial charge >= 0.3 is 0 Å². The molecule has 0 aliphatic heterocycles. The lowest BCUT2D eigenvalue weighted by molar-refractivity contribution is 0.104. The molecule has 0 unspecified atom stereocenters. The fourth-order valence-electron chi connectivity index (χ4n) is 0.720. The number of benzene rings is 1. The van der Waals surface area contributed by atoms with Crippen molar-refractivity contribution in [1.82, 2.24) is 0 Å². The van der Waals surface area contributed by atoms with Crippen LogP contribution in [0.25, 0.3) is 0 Å². The molecule has 1 aromatic carbocycles. The molecule has 0 amide bonds. The summed E-state index contributed by atoms with van der Waals surface area (Å²) in [6.45, 7) is 7.39. The molecule has 0 saturated carbocycles. The van der Waals surface area contributed by atoms with E-state index in [0.717, 1.165) is 0 Å². The molecule has 0 aromatic heterocycles. The topological polar surface area (TPSA) is 17.1 Å². The van der Waals surface area contributed by atoms with Gasteiger partial charge in [-0.05, 0) is 6.08 Å². The van der Waals surface area contributed by atoms with Gasteiger partial charge in [-0.1, -0.05) is 50.8 Å². The highest BCUT2D eigenvalue weighted by Gasteiger charge is 1.95. The van der Waals surface area contributed by atoms with Crippen LogP contribution in [-0.2, 0) is 0 Å². The molecular formula is C11H14O. The van der Waals surface area contributed by atoms with Gasteiger partial charge in [0.15, 0.2) is 5.78 Å². The standard InChI is InChI=1S/C9H8O.C2H6/c1-2-9(10)8-6-4-3-5-7-8;1-2/h2-7H,1H2;1-2H3. The maximum atomic E-state index is 10.9. The van der Waals surface area contributed by atoms with Gasteiger partial charge in [0.1, 0.15) is 0 Å². The lowest BCUT2D eigenvalue weighted by atomic mass is 10.1. The van der Waals surface area contributed by atoms with E-state index in [0.29, 0.717) is 5.56 Å². The Hall–Kier alpha value is -1.37. The molecule has 0 aliphatic rings. The zero-order valence-corrected chi connectivity index (χ0v) is 7.58. The van der Waals surface area contributed by atoms with Crippen LogP contribution in [0.4, 0.5) is 0 Å². The molecule has 0 spiro atoms. The zero-order valence-electron chi connectivity index (χ0n) is 7.58. The van der Waals surface area contributed by atoms with E-state index in [2.05, 4.69) is 6.58 Å². The molecule has 64 valence electrons. The van der Waals surface area contributed by atoms with Gasteiger partial charge in [0.2, 0.25) is 0 Å². The fraction of sp³-hybridized carbons (Fsp3) is 0.182. The first-order chi connectivity index (χ1) is 5.84. The van der Waals surface area contributed by atoms with Crippen LogP contribution in [0.1, 0.15) is 24.2 Å². The summed E-state index contributed by atoms with van der Waals surface area (Å²) in [4.78, 5) is 10.9. The summed E-state index contributed by atoms with van der Waals surface area (Å²) in [5, 5.41) is 0. The van der Waals surface area contributed by atoms with Gasteiger partial charge in [0, 0.05) is 5.56 Å². The maximum Gasteiger partial charge on any atom is 0.185 e. The van der Waals surface area contributed by atoms with Gasteiger partial charge in [-0.25, -0.2) is 0 Å². The molecular weight excluding hydrogens is 148 g/mol. The number of rotatable bonds is 2. The average Bonchev–Trinajstić information content (AvgIpc) is 2.21. The molecule has 1 heteroatoms. The van der Waals surface area contributed by atoms with Gasteiger partial charge in [-0.3, -0.25) is 4.79 Å². The molecule has 1 aromatic rings. The SMILES string of the molecule is C=CC(=O)c1ccccc1.CC. The van der Waals surface area contributed by atoms with Crippen molar-refractivity contribution >= 4 is 5.78 Å². The molecule has 0 aliphatic carbocycles. The predicted octanol–water partition coefficient (Wildman–Crippen LogP) is 3.08. The Kier molecular flexibility index (Phi) is 5.62. The largest absolute Gasteiger partial charge is 0.289 e. The average molecular weight is 162 g/mol. The van der Waals surface area contributed by atoms with Crippen molar-refractivity contribution in [3.8, 4) is 0 Å². The van der Waals surface area contributed by atoms with Crippen LogP contribution in [0.2, 0.25) is 0 Å². The minimum atomic E-state index is -0.0272. The summed E-state index contributed by atoms with van der Waals surface area (Å²) < 4.78 is 0. The quantitative estimate of drug-likeness (QED) is 0.482. The van der Waals surface area contributed by atoms with E-state index < -0.39 is 0 Å². The van der Waals surface area contributed by atoms with E-state index in [-0.39, 0.29) is 5.78 Å². The third-order valence-electron chi connectivity index (χ3n) is 1.24. The molecule has 0 N–H and O–H groups in total. The Morgan fingerprint density at radius 2 is 1.75 bits per heavy atom. The molecule has 0 saturated heterocycles. The van der Waals surface area contributed by atoms with Crippen LogP contribution >= 0.6 is 0 Å². The highest BCUT2D eigenvalue weighted by molar-refractivity contribution is 6.04. The lowest BCUT2D eigenvalue weighted by Gasteiger charge is -1.90. The van der Waals surface area contributed by atoms with Crippen LogP contribution in [0, 0.1) is 0 Å². The van der Waals surface area contributed by atoms with Crippen molar-refractivity contribution in [3.05, 3.63) is 48.6 Å². The van der Waals surface area contributed by atoms with Crippen LogP contribution in [0.3, 0.4) is 0 Å². The van der Waals surface area contributed by atoms with Crippen molar-refractivity contribution in [1.29, 1.82) is 0 Å². The number of hydrogen-bond acceptors (Lipinski definition) is 1. The smallest absolute Gasteiger partial charge is 0.185 e. The summed E-state index contributed by atoms with van der Waals surface area (Å²) in [6, 6.07) is 9.07. The summed E-state index contributed by atoms with van der Waals surface area (Å²) in [5.41, 5.74) is 0.692. The molecule has 0 radical (unpaired) electrons. The third kappa shape index (κ3) is 3.15. The number of ketones is 1. The molecule has 0 heterocycles. The summed E-state index contributed by atoms with van der Waals surface area (Å²) in [6.07, 6.45) is 1.31. The van der Waals surface area contributed by atoms with Crippen LogP contribution < -0.4 is 0 Å². The third-order valence-corrected chi connectivity index (χ3v) is 1.24. The van der Waals surface area contributed by atoms with E-state index >= 15 is 0 Å². The van der Waals surface area contributed by atoms with Gasteiger partial charge in [0.25, 0.3) is 0 Å². The number of carbonyl (C=O) groups is 1. The van der Waals surface area contributed by atoms with E-state index in [1.54, 1.807) is 12.1 Å². The van der Waals surface area contributed by atoms with Crippen LogP contribution in [-0.4, -0.2) is 5.78 Å². The Balaban J connectivity index is 0.000000561. The monoisotopic (exact) mass is 162 g/mol. The second kappa shape index (κ2) is 6.35. The normalized spacial score (nSPS) is 7.83. The van der Waals surface area contributed by atoms with Crippen LogP contribution in [0.5, 0.6) is 0 Å². The number of carbonyl (C=O) groups excluding carboxylic acids is 1. The van der Waals surface area contributed by atoms with Gasteiger partial charge < -0.3 is 0 Å². The second-order valence-corrected chi connectivity index (χ2v) is 1.93. The molecule has 0 atom stereocenters. The molecule has 0 bridgehead atoms. The highest BCUT2D eigenvalue weighted by Crippen LogP contribution is 1.99. The second-order valence-electron chi connectivity index (χ2n) is 1.93. The summed E-state index contributed by atoms with van der Waals surface area (Å²) >= 11 is 0. The molecule has 1 nitrogen and oxygen atoms in total. The molecule has 12 heavy (non-hydrogen) atoms. The van der Waals surface area contributed by atoms with Gasteiger partial charge in [-0.2, -0.15) is 0 Å². The fourth-order valence-corrected chi connectivity index (χ4v) is 0.720. The Bertz CT molecular complexity index is 236. The van der Waals surface area contributed by atoms with E-state index in [1.807, 2.05) is 32.0 Å². The first-order valence-electron chi connectivity index (χ1n) is 4.06. The number of hydrogen-bond donors (Lipinski definition) is 0. The van der Waals surface area contributed by atoms with E-state index in [4.69, 9.17) is 0 Å². The van der Waals surface area contributed by atoms with Crippen molar-refractivity contribution in [3.63, 3.8) is 0 Å². The summed E-state index contributed by atoms with van der Waals surface area (Å²) in [5.74, 6) is -0.0272. The highest BCUT2D eigenvalue weighted by atomic mass is 16.1. The molecule has 1 rings (SSSR count). The van der Waals surface area contributed by atoms with E-state index in [9.17, 15) is 4.79 Å². The lowest BCUT2D eigenvalue weighted by Crippen LogP contribution is -1.90. The maximum absolute atomic E-state index is 10.9. The van der Waals surface area contributed by atoms with E-state index in [1.165, 1.54) is 6.08 Å². The van der Waals surface area contributed by atoms with Crippen molar-refractivity contribution in [2.45, 2.75) is 13.8 Å². The van der Waals surface area contributed by atoms with Crippen molar-refractivity contribution in [2.75, 3.05) is 0 Å². The van der Waals surface area contributed by atoms with Crippen molar-refractivity contribution < 1.29 is 4.79 Å². The Morgan fingerprint density at radius 3 is 2.17 bits per heavy atom. The van der Waals surface area contributed by atoms with Crippen molar-refractivity contribution in [2.24, 2.45) is 0 Å². The first kappa shape index (κ1) is 10.6. The van der Waals surface area contributed by atoms with Crippen LogP contribution in [0.15, 0.2) is 43.0 Å². The number of allylic oxidation sites excluding steroid dienone is 1. The van der Waals surface area contributed by atoms with Gasteiger partial charge in [0.05, 0.1) is 0 Å². The minimum Gasteiger partial charge on any atom is -0.289 e. The summed E-state index contributed by atoms with van der Waals surface area (Å²) in [7, 11) is 0. The predicted molar refractivity (Wildman–Crippen MR) is 52.3 cm³/mol. The zero-order chi connectivity index (χ0) is 9.40. The Labute approximate surface area is 73.7 Å². The minimum absolute atomic E-state index is 0.0272. The molecule has 0 fully saturated rings. The Morgan fingerprint density at radius 1 is 1.25 bits per heavy atom. The van der Waals surface area contributed by atoms with Gasteiger partial charge in [-0.15, -0.1) is 0 Å².